The van der Waals surface area contributed by atoms with Crippen molar-refractivity contribution in [1.29, 1.82) is 0 Å². The monoisotopic (exact) mass is 239 g/mol. The van der Waals surface area contributed by atoms with Crippen molar-refractivity contribution in [3.63, 3.8) is 0 Å². The molecule has 0 heterocycles. The van der Waals surface area contributed by atoms with E-state index < -0.39 is 6.10 Å². The fraction of sp³-hybridized carbons (Fsp3) is 0.923. The van der Waals surface area contributed by atoms with E-state index in [1.165, 1.54) is 19.3 Å². The minimum atomic E-state index is -0.584. The van der Waals surface area contributed by atoms with Crippen molar-refractivity contribution in [2.75, 3.05) is 20.3 Å². The average Bonchev–Trinajstić information content (AvgIpc) is 2.75. The molecule has 4 heteroatoms. The van der Waals surface area contributed by atoms with Crippen LogP contribution < -0.4 is 5.32 Å². The van der Waals surface area contributed by atoms with Gasteiger partial charge in [0.2, 0.25) is 5.91 Å². The normalized spacial score (nSPS) is 43.3. The molecule has 3 aliphatic carbocycles. The first-order valence-electron chi connectivity index (χ1n) is 6.67. The van der Waals surface area contributed by atoms with Crippen LogP contribution >= 0.6 is 0 Å². The van der Waals surface area contributed by atoms with Gasteiger partial charge in [0.05, 0.1) is 12.7 Å². The van der Waals surface area contributed by atoms with Crippen molar-refractivity contribution in [3.8, 4) is 0 Å². The Hall–Kier alpha value is -0.610. The van der Waals surface area contributed by atoms with Gasteiger partial charge in [-0.15, -0.1) is 0 Å². The number of aliphatic hydroxyl groups excluding tert-OH is 1. The molecule has 96 valence electrons. The number of methoxy groups -OCH3 is 1. The Balaban J connectivity index is 1.46. The van der Waals surface area contributed by atoms with Crippen LogP contribution in [0.15, 0.2) is 0 Å². The molecule has 0 saturated heterocycles. The molecule has 2 bridgehead atoms. The molecule has 1 amide bonds. The van der Waals surface area contributed by atoms with E-state index in [9.17, 15) is 9.90 Å². The average molecular weight is 239 g/mol. The van der Waals surface area contributed by atoms with E-state index >= 15 is 0 Å². The molecule has 0 radical (unpaired) electrons. The fourth-order valence-corrected chi connectivity index (χ4v) is 4.26. The van der Waals surface area contributed by atoms with Gasteiger partial charge in [0.1, 0.15) is 0 Å². The van der Waals surface area contributed by atoms with Crippen molar-refractivity contribution in [1.82, 2.24) is 5.32 Å². The number of carbonyl (C=O) groups is 1. The van der Waals surface area contributed by atoms with E-state index in [2.05, 4.69) is 5.32 Å². The quantitative estimate of drug-likeness (QED) is 0.730. The Morgan fingerprint density at radius 2 is 2.06 bits per heavy atom. The minimum absolute atomic E-state index is 0.159. The predicted octanol–water partition coefficient (Wildman–Crippen LogP) is 0.402. The van der Waals surface area contributed by atoms with Crippen LogP contribution in [0.3, 0.4) is 0 Å². The number of fused-ring (bicyclic) bond motifs is 5. The highest BCUT2D eigenvalue weighted by atomic mass is 16.5. The summed E-state index contributed by atoms with van der Waals surface area (Å²) in [6, 6.07) is 0. The number of aliphatic hydroxyl groups is 1. The second-order valence-corrected chi connectivity index (χ2v) is 5.87. The van der Waals surface area contributed by atoms with Crippen LogP contribution in [0, 0.1) is 29.6 Å². The molecule has 3 saturated carbocycles. The van der Waals surface area contributed by atoms with Gasteiger partial charge in [-0.3, -0.25) is 4.79 Å². The highest BCUT2D eigenvalue weighted by Gasteiger charge is 2.67. The SMILES string of the molecule is COCC(O)CNC(=O)C1C2C3CCC(C3)C12. The summed E-state index contributed by atoms with van der Waals surface area (Å²) in [5, 5.41) is 12.3. The summed E-state index contributed by atoms with van der Waals surface area (Å²) >= 11 is 0. The van der Waals surface area contributed by atoms with Crippen LogP contribution in [0.4, 0.5) is 0 Å². The molecule has 0 aromatic carbocycles. The van der Waals surface area contributed by atoms with Gasteiger partial charge in [-0.2, -0.15) is 0 Å². The number of amides is 1. The minimum Gasteiger partial charge on any atom is -0.389 e. The van der Waals surface area contributed by atoms with E-state index in [1.807, 2.05) is 0 Å². The predicted molar refractivity (Wildman–Crippen MR) is 62.2 cm³/mol. The number of ether oxygens (including phenoxy) is 1. The molecule has 0 aliphatic heterocycles. The maximum Gasteiger partial charge on any atom is 0.223 e. The van der Waals surface area contributed by atoms with Crippen molar-refractivity contribution < 1.29 is 14.6 Å². The molecular formula is C13H21NO3. The number of hydrogen-bond donors (Lipinski definition) is 2. The van der Waals surface area contributed by atoms with Crippen molar-refractivity contribution in [3.05, 3.63) is 0 Å². The van der Waals surface area contributed by atoms with Crippen LogP contribution in [-0.4, -0.2) is 37.4 Å². The maximum absolute atomic E-state index is 12.0. The second-order valence-electron chi connectivity index (χ2n) is 5.87. The van der Waals surface area contributed by atoms with Gasteiger partial charge in [-0.1, -0.05) is 0 Å². The summed E-state index contributed by atoms with van der Waals surface area (Å²) in [5.74, 6) is 3.42. The standard InChI is InChI=1S/C13H21NO3/c1-17-6-9(15)5-14-13(16)12-10-7-2-3-8(4-7)11(10)12/h7-12,15H,2-6H2,1H3,(H,14,16). The number of rotatable bonds is 5. The topological polar surface area (TPSA) is 58.6 Å². The first-order valence-corrected chi connectivity index (χ1v) is 6.67. The summed E-state index contributed by atoms with van der Waals surface area (Å²) in [5.41, 5.74) is 0. The zero-order chi connectivity index (χ0) is 12.0. The lowest BCUT2D eigenvalue weighted by Gasteiger charge is -2.12. The second kappa shape index (κ2) is 4.25. The lowest BCUT2D eigenvalue weighted by molar-refractivity contribution is -0.123. The van der Waals surface area contributed by atoms with Gasteiger partial charge in [0.15, 0.2) is 0 Å². The molecule has 4 nitrogen and oxygen atoms in total. The van der Waals surface area contributed by atoms with Crippen LogP contribution in [0.1, 0.15) is 19.3 Å². The molecule has 3 fully saturated rings. The van der Waals surface area contributed by atoms with Crippen LogP contribution in [-0.2, 0) is 9.53 Å². The number of carbonyl (C=O) groups excluding carboxylic acids is 1. The first-order chi connectivity index (χ1) is 8.22. The van der Waals surface area contributed by atoms with Gasteiger partial charge < -0.3 is 15.2 Å². The Morgan fingerprint density at radius 1 is 1.41 bits per heavy atom. The first kappa shape index (κ1) is 11.5. The summed E-state index contributed by atoms with van der Waals surface area (Å²) in [6.07, 6.45) is 3.45. The van der Waals surface area contributed by atoms with E-state index in [-0.39, 0.29) is 18.4 Å². The summed E-state index contributed by atoms with van der Waals surface area (Å²) in [6.45, 7) is 0.598. The Kier molecular flexibility index (Phi) is 2.87. The molecule has 0 spiro atoms. The van der Waals surface area contributed by atoms with Gasteiger partial charge in [0, 0.05) is 19.6 Å². The number of hydrogen-bond acceptors (Lipinski definition) is 3. The molecule has 2 N–H and O–H groups in total. The highest BCUT2D eigenvalue weighted by Crippen LogP contribution is 2.69. The van der Waals surface area contributed by atoms with Gasteiger partial charge >= 0.3 is 0 Å². The van der Waals surface area contributed by atoms with Crippen LogP contribution in [0.25, 0.3) is 0 Å². The van der Waals surface area contributed by atoms with E-state index in [0.717, 1.165) is 11.8 Å². The van der Waals surface area contributed by atoms with E-state index in [1.54, 1.807) is 7.11 Å². The molecule has 5 unspecified atom stereocenters. The van der Waals surface area contributed by atoms with Crippen LogP contribution in [0.5, 0.6) is 0 Å². The smallest absolute Gasteiger partial charge is 0.223 e. The van der Waals surface area contributed by atoms with Crippen molar-refractivity contribution in [2.24, 2.45) is 29.6 Å². The lowest BCUT2D eigenvalue weighted by Crippen LogP contribution is -2.36. The Labute approximate surface area is 102 Å². The third-order valence-electron chi connectivity index (χ3n) is 4.91. The molecule has 0 aromatic heterocycles. The zero-order valence-electron chi connectivity index (χ0n) is 10.3. The summed E-state index contributed by atoms with van der Waals surface area (Å²) in [7, 11) is 1.55. The van der Waals surface area contributed by atoms with E-state index in [0.29, 0.717) is 18.4 Å². The molecule has 0 aromatic rings. The molecule has 3 aliphatic rings. The van der Waals surface area contributed by atoms with Gasteiger partial charge in [0.25, 0.3) is 0 Å². The maximum atomic E-state index is 12.0. The largest absolute Gasteiger partial charge is 0.389 e. The Bertz CT molecular complexity index is 304. The van der Waals surface area contributed by atoms with Crippen molar-refractivity contribution in [2.45, 2.75) is 25.4 Å². The molecular weight excluding hydrogens is 218 g/mol. The van der Waals surface area contributed by atoms with Crippen molar-refractivity contribution >= 4 is 5.91 Å². The molecule has 3 rings (SSSR count). The summed E-state index contributed by atoms with van der Waals surface area (Å²) < 4.78 is 4.83. The zero-order valence-corrected chi connectivity index (χ0v) is 10.3. The van der Waals surface area contributed by atoms with Gasteiger partial charge in [-0.05, 0) is 42.9 Å². The van der Waals surface area contributed by atoms with E-state index in [4.69, 9.17) is 4.74 Å². The summed E-state index contributed by atoms with van der Waals surface area (Å²) in [4.78, 5) is 12.0. The third kappa shape index (κ3) is 1.87. The lowest BCUT2D eigenvalue weighted by atomic mass is 10.0. The van der Waals surface area contributed by atoms with Gasteiger partial charge in [-0.25, -0.2) is 0 Å². The Morgan fingerprint density at radius 3 is 2.65 bits per heavy atom. The van der Waals surface area contributed by atoms with Crippen LogP contribution in [0.2, 0.25) is 0 Å². The third-order valence-corrected chi connectivity index (χ3v) is 4.91. The molecule has 17 heavy (non-hydrogen) atoms. The number of nitrogens with one attached hydrogen (secondary N) is 1. The highest BCUT2D eigenvalue weighted by molar-refractivity contribution is 5.82. The molecule has 5 atom stereocenters. The fourth-order valence-electron chi connectivity index (χ4n) is 4.26.